The molecule has 2 fully saturated rings. The molecule has 0 saturated carbocycles. The predicted octanol–water partition coefficient (Wildman–Crippen LogP) is 13.5. The van der Waals surface area contributed by atoms with E-state index in [1.165, 1.54) is 6.08 Å². The number of benzene rings is 4. The van der Waals surface area contributed by atoms with Crippen LogP contribution < -0.4 is 9.80 Å². The summed E-state index contributed by atoms with van der Waals surface area (Å²) in [6.45, 7) is 17.8. The Bertz CT molecular complexity index is 2690. The fraction of sp³-hybridized carbons (Fsp3) is 0.275. The van der Waals surface area contributed by atoms with Crippen molar-refractivity contribution in [3.8, 4) is 22.3 Å². The predicted molar refractivity (Wildman–Crippen MR) is 278 cm³/mol. The molecule has 15 heteroatoms. The van der Waals surface area contributed by atoms with Crippen LogP contribution in [0.5, 0.6) is 0 Å². The highest BCUT2D eigenvalue weighted by Crippen LogP contribution is 2.40. The quantitative estimate of drug-likeness (QED) is 0.120. The Morgan fingerprint density at radius 2 is 0.970 bits per heavy atom. The molecule has 6 aromatic rings. The van der Waals surface area contributed by atoms with Gasteiger partial charge in [-0.1, -0.05) is 111 Å². The Morgan fingerprint density at radius 3 is 1.33 bits per heavy atom. The van der Waals surface area contributed by atoms with Crippen molar-refractivity contribution in [2.24, 2.45) is 0 Å². The number of anilines is 2. The fourth-order valence-electron chi connectivity index (χ4n) is 7.38. The van der Waals surface area contributed by atoms with Crippen molar-refractivity contribution in [1.29, 1.82) is 0 Å². The van der Waals surface area contributed by atoms with Crippen LogP contribution in [-0.4, -0.2) is 95.0 Å². The smallest absolute Gasteiger partial charge is 0.410 e. The van der Waals surface area contributed by atoms with Gasteiger partial charge in [-0.25, -0.2) is 4.79 Å². The number of allylic oxidation sites excluding steroid dienone is 1. The maximum Gasteiger partial charge on any atom is 0.410 e. The number of pyridine rings is 2. The third kappa shape index (κ3) is 13.2. The molecule has 8 rings (SSSR count). The largest absolute Gasteiger partial charge is 0.444 e. The Balaban J connectivity index is 0.000000256. The first-order chi connectivity index (χ1) is 30.6. The number of fused-ring (bicyclic) bond motifs is 2. The van der Waals surface area contributed by atoms with E-state index >= 15 is 0 Å². The van der Waals surface area contributed by atoms with Crippen molar-refractivity contribution in [2.45, 2.75) is 41.2 Å². The lowest BCUT2D eigenvalue weighted by Crippen LogP contribution is -2.50. The van der Waals surface area contributed by atoms with Crippen LogP contribution in [0.15, 0.2) is 123 Å². The number of carbonyl (C=O) groups excluding carboxylic acids is 3. The number of amides is 2. The highest BCUT2D eigenvalue weighted by Gasteiger charge is 2.27. The molecule has 2 aliphatic heterocycles. The van der Waals surface area contributed by atoms with Gasteiger partial charge >= 0.3 is 6.09 Å². The highest BCUT2D eigenvalue weighted by atomic mass is 35.5. The van der Waals surface area contributed by atoms with Gasteiger partial charge in [0.25, 0.3) is 0 Å². The molecule has 0 spiro atoms. The Hall–Kier alpha value is -5.36. The van der Waals surface area contributed by atoms with Gasteiger partial charge in [-0.05, 0) is 93.1 Å². The van der Waals surface area contributed by atoms with Crippen LogP contribution in [0.4, 0.5) is 16.2 Å². The third-order valence-corrected chi connectivity index (χ3v) is 11.9. The van der Waals surface area contributed by atoms with Crippen molar-refractivity contribution in [3.05, 3.63) is 143 Å². The summed E-state index contributed by atoms with van der Waals surface area (Å²) >= 11 is 30.7. The van der Waals surface area contributed by atoms with Crippen LogP contribution in [0, 0.1) is 0 Å². The summed E-state index contributed by atoms with van der Waals surface area (Å²) in [5.41, 5.74) is 6.86. The average molecular weight is 993 g/mol. The Kier molecular flexibility index (Phi) is 19.3. The number of hydrogen-bond donors (Lipinski definition) is 0. The van der Waals surface area contributed by atoms with Crippen molar-refractivity contribution in [1.82, 2.24) is 19.8 Å². The number of carbonyl (C=O) groups is 3. The van der Waals surface area contributed by atoms with Crippen molar-refractivity contribution >= 4 is 108 Å². The average Bonchev–Trinajstić information content (AvgIpc) is 3.28. The molecule has 2 aromatic heterocycles. The normalized spacial score (nSPS) is 13.5. The Labute approximate surface area is 413 Å². The second-order valence-electron chi connectivity index (χ2n) is 15.8. The lowest BCUT2D eigenvalue weighted by Gasteiger charge is -2.37. The zero-order valence-corrected chi connectivity index (χ0v) is 39.4. The Morgan fingerprint density at radius 1 is 0.576 bits per heavy atom. The molecule has 2 saturated heterocycles. The molecule has 0 atom stereocenters. The molecule has 348 valence electrons. The fourth-order valence-corrected chi connectivity index (χ4v) is 8.38. The summed E-state index contributed by atoms with van der Waals surface area (Å²) in [4.78, 5) is 50.8. The molecule has 2 aliphatic rings. The second-order valence-corrected chi connectivity index (χ2v) is 17.8. The minimum atomic E-state index is -0.509. The lowest BCUT2D eigenvalue weighted by atomic mass is 10.0. The van der Waals surface area contributed by atoms with Gasteiger partial charge in [0.05, 0.1) is 21.1 Å². The van der Waals surface area contributed by atoms with E-state index in [9.17, 15) is 14.4 Å². The van der Waals surface area contributed by atoms with Gasteiger partial charge in [-0.2, -0.15) is 0 Å². The van der Waals surface area contributed by atoms with E-state index in [4.69, 9.17) is 62.7 Å². The molecule has 0 bridgehead atoms. The molecular weight excluding hydrogens is 938 g/mol. The third-order valence-electron chi connectivity index (χ3n) is 10.5. The molecular formula is C51H55Cl5N6O4. The first-order valence-corrected chi connectivity index (χ1v) is 22.3. The van der Waals surface area contributed by atoms with E-state index in [0.717, 1.165) is 74.6 Å². The van der Waals surface area contributed by atoms with Crippen molar-refractivity contribution < 1.29 is 19.1 Å². The zero-order valence-electron chi connectivity index (χ0n) is 35.7. The summed E-state index contributed by atoms with van der Waals surface area (Å²) in [6.07, 6.45) is 5.74. The van der Waals surface area contributed by atoms with Crippen LogP contribution in [0.25, 0.3) is 44.1 Å². The van der Waals surface area contributed by atoms with E-state index < -0.39 is 10.8 Å². The first-order valence-electron chi connectivity index (χ1n) is 20.5. The number of halogens is 5. The van der Waals surface area contributed by atoms with E-state index in [-0.39, 0.29) is 26.9 Å². The lowest BCUT2D eigenvalue weighted by molar-refractivity contribution is -0.126. The molecule has 4 heterocycles. The topological polar surface area (TPSA) is 99.2 Å². The van der Waals surface area contributed by atoms with Gasteiger partial charge in [0.1, 0.15) is 5.60 Å². The monoisotopic (exact) mass is 990 g/mol. The summed E-state index contributed by atoms with van der Waals surface area (Å²) in [7, 11) is 0. The van der Waals surface area contributed by atoms with E-state index in [2.05, 4.69) is 45.1 Å². The van der Waals surface area contributed by atoms with Crippen molar-refractivity contribution in [3.63, 3.8) is 0 Å². The number of hydrogen-bond acceptors (Lipinski definition) is 8. The summed E-state index contributed by atoms with van der Waals surface area (Å²) in [5, 5.41) is 4.06. The highest BCUT2D eigenvalue weighted by molar-refractivity contribution is 6.66. The zero-order chi connectivity index (χ0) is 46.1. The summed E-state index contributed by atoms with van der Waals surface area (Å²) in [5.74, 6) is -0.0213. The standard InChI is InChI=1S/C24H25Cl2N3O2.C22H19Cl2N3O.C3H3ClO.2CH4/c1-24(2,3)31-23(30)29-12-10-28(11-13-29)22-8-9-27-21-15-20(26)17(14-18(21)22)16-6-4-5-7-19(16)25;1-2-22(28)27-11-9-26(10-12-27)21-7-8-25-20-14-19(24)16(13-17(20)21)15-5-3-4-6-18(15)23;1-2-3(4)5;;/h4-9,14-15H,10-13H2,1-3H3;2-8,13-14H,1,9-12H2;2H,1H2;2*1H4. The van der Waals surface area contributed by atoms with Crippen LogP contribution in [-0.2, 0) is 14.3 Å². The maximum absolute atomic E-state index is 12.4. The number of ether oxygens (including phenoxy) is 1. The van der Waals surface area contributed by atoms with Crippen LogP contribution >= 0.6 is 58.0 Å². The number of nitrogens with zero attached hydrogens (tertiary/aromatic N) is 6. The molecule has 10 nitrogen and oxygen atoms in total. The van der Waals surface area contributed by atoms with E-state index in [1.54, 1.807) is 17.3 Å². The molecule has 4 aromatic carbocycles. The number of rotatable bonds is 6. The molecule has 0 aliphatic carbocycles. The second kappa shape index (κ2) is 23.9. The molecule has 0 unspecified atom stereocenters. The number of piperazine rings is 2. The van der Waals surface area contributed by atoms with Gasteiger partial charge in [0, 0.05) is 119 Å². The minimum absolute atomic E-state index is 0. The van der Waals surface area contributed by atoms with Crippen LogP contribution in [0.2, 0.25) is 20.1 Å². The summed E-state index contributed by atoms with van der Waals surface area (Å²) < 4.78 is 5.51. The molecule has 66 heavy (non-hydrogen) atoms. The van der Waals surface area contributed by atoms with Gasteiger partial charge in [-0.3, -0.25) is 19.6 Å². The van der Waals surface area contributed by atoms with Crippen molar-refractivity contribution in [2.75, 3.05) is 62.2 Å². The molecule has 2 amide bonds. The maximum atomic E-state index is 12.4. The molecule has 0 radical (unpaired) electrons. The first kappa shape index (κ1) is 53.3. The molecule has 0 N–H and O–H groups in total. The van der Waals surface area contributed by atoms with Crippen LogP contribution in [0.3, 0.4) is 0 Å². The van der Waals surface area contributed by atoms with Gasteiger partial charge in [-0.15, -0.1) is 0 Å². The summed E-state index contributed by atoms with van der Waals surface area (Å²) in [6, 6.07) is 27.2. The van der Waals surface area contributed by atoms with Gasteiger partial charge in [0.15, 0.2) is 0 Å². The number of aromatic nitrogens is 2. The minimum Gasteiger partial charge on any atom is -0.444 e. The van der Waals surface area contributed by atoms with E-state index in [0.29, 0.717) is 59.4 Å². The van der Waals surface area contributed by atoms with E-state index in [1.807, 2.05) is 98.5 Å². The van der Waals surface area contributed by atoms with Gasteiger partial charge in [0.2, 0.25) is 11.1 Å². The van der Waals surface area contributed by atoms with Gasteiger partial charge < -0.3 is 24.3 Å². The SMILES string of the molecule is C.C.C=CC(=O)Cl.C=CC(=O)N1CCN(c2ccnc3cc(Cl)c(-c4ccccc4Cl)cc23)CC1.CC(C)(C)OC(=O)N1CCN(c2ccnc3cc(Cl)c(-c4ccccc4Cl)cc23)CC1. The van der Waals surface area contributed by atoms with Crippen LogP contribution in [0.1, 0.15) is 35.6 Å².